The van der Waals surface area contributed by atoms with Crippen LogP contribution in [-0.2, 0) is 0 Å². The van der Waals surface area contributed by atoms with Gasteiger partial charge in [-0.3, -0.25) is 14.4 Å². The molecule has 154 valence electrons. The molecular formula is C24H20N4O3. The number of methoxy groups -OCH3 is 3. The summed E-state index contributed by atoms with van der Waals surface area (Å²) >= 11 is 0. The minimum Gasteiger partial charge on any atom is -0.493 e. The summed E-state index contributed by atoms with van der Waals surface area (Å²) in [4.78, 5) is 13.5. The van der Waals surface area contributed by atoms with E-state index in [0.29, 0.717) is 17.2 Å². The third-order valence-electron chi connectivity index (χ3n) is 5.26. The van der Waals surface area contributed by atoms with Crippen molar-refractivity contribution in [1.29, 1.82) is 0 Å². The number of aromatic nitrogens is 4. The molecule has 5 aromatic rings. The molecule has 5 rings (SSSR count). The van der Waals surface area contributed by atoms with Crippen LogP contribution in [0.4, 0.5) is 0 Å². The van der Waals surface area contributed by atoms with Gasteiger partial charge in [0.2, 0.25) is 5.75 Å². The van der Waals surface area contributed by atoms with E-state index in [0.717, 1.165) is 39.1 Å². The van der Waals surface area contributed by atoms with Gasteiger partial charge in [0, 0.05) is 28.9 Å². The highest BCUT2D eigenvalue weighted by Crippen LogP contribution is 2.41. The summed E-state index contributed by atoms with van der Waals surface area (Å²) in [5.41, 5.74) is 5.34. The van der Waals surface area contributed by atoms with E-state index in [2.05, 4.69) is 33.2 Å². The average Bonchev–Trinajstić information content (AvgIpc) is 3.26. The fraction of sp³-hybridized carbons (Fsp3) is 0.125. The van der Waals surface area contributed by atoms with Crippen LogP contribution in [0.5, 0.6) is 17.2 Å². The number of fused-ring (bicyclic) bond motifs is 2. The Morgan fingerprint density at radius 1 is 0.774 bits per heavy atom. The van der Waals surface area contributed by atoms with Crippen molar-refractivity contribution in [2.45, 2.75) is 0 Å². The van der Waals surface area contributed by atoms with Crippen LogP contribution in [0.25, 0.3) is 39.1 Å². The summed E-state index contributed by atoms with van der Waals surface area (Å²) in [5, 5.41) is 1.08. The van der Waals surface area contributed by atoms with Crippen molar-refractivity contribution in [3.8, 4) is 39.8 Å². The van der Waals surface area contributed by atoms with Crippen LogP contribution >= 0.6 is 0 Å². The van der Waals surface area contributed by atoms with Crippen molar-refractivity contribution in [3.05, 3.63) is 67.3 Å². The summed E-state index contributed by atoms with van der Waals surface area (Å²) in [6, 6.07) is 13.9. The molecule has 3 heterocycles. The molecule has 0 aliphatic rings. The lowest BCUT2D eigenvalue weighted by molar-refractivity contribution is 0.324. The average molecular weight is 412 g/mol. The summed E-state index contributed by atoms with van der Waals surface area (Å²) in [6.07, 6.45) is 7.37. The third-order valence-corrected chi connectivity index (χ3v) is 5.26. The van der Waals surface area contributed by atoms with Gasteiger partial charge in [0.1, 0.15) is 0 Å². The molecule has 0 saturated heterocycles. The predicted molar refractivity (Wildman–Crippen MR) is 119 cm³/mol. The van der Waals surface area contributed by atoms with Crippen LogP contribution in [0, 0.1) is 0 Å². The van der Waals surface area contributed by atoms with E-state index in [4.69, 9.17) is 14.2 Å². The lowest BCUT2D eigenvalue weighted by atomic mass is 10.1. The normalized spacial score (nSPS) is 11.1. The first-order chi connectivity index (χ1) is 15.2. The summed E-state index contributed by atoms with van der Waals surface area (Å²) in [5.74, 6) is 1.70. The largest absolute Gasteiger partial charge is 0.493 e. The third kappa shape index (κ3) is 3.20. The number of pyridine rings is 1. The van der Waals surface area contributed by atoms with Crippen LogP contribution in [0.3, 0.4) is 0 Å². The Bertz CT molecular complexity index is 1390. The van der Waals surface area contributed by atoms with E-state index in [9.17, 15) is 0 Å². The monoisotopic (exact) mass is 412 g/mol. The molecule has 0 N–H and O–H groups in total. The lowest BCUT2D eigenvalue weighted by Crippen LogP contribution is -1.97. The van der Waals surface area contributed by atoms with Crippen LogP contribution < -0.4 is 14.2 Å². The fourth-order valence-corrected chi connectivity index (χ4v) is 3.72. The first-order valence-electron chi connectivity index (χ1n) is 9.70. The minimum absolute atomic E-state index is 0.544. The molecule has 0 saturated carbocycles. The van der Waals surface area contributed by atoms with Gasteiger partial charge in [-0.25, -0.2) is 4.98 Å². The zero-order valence-electron chi connectivity index (χ0n) is 17.4. The van der Waals surface area contributed by atoms with Gasteiger partial charge in [-0.05, 0) is 30.3 Å². The topological polar surface area (TPSA) is 70.8 Å². The van der Waals surface area contributed by atoms with Crippen molar-refractivity contribution >= 4 is 16.6 Å². The Morgan fingerprint density at radius 2 is 1.58 bits per heavy atom. The van der Waals surface area contributed by atoms with Crippen molar-refractivity contribution in [1.82, 2.24) is 19.4 Å². The van der Waals surface area contributed by atoms with Gasteiger partial charge in [0.15, 0.2) is 17.1 Å². The number of hydrogen-bond donors (Lipinski definition) is 0. The smallest absolute Gasteiger partial charge is 0.203 e. The second-order valence-corrected chi connectivity index (χ2v) is 6.97. The van der Waals surface area contributed by atoms with Crippen LogP contribution in [-0.4, -0.2) is 40.7 Å². The number of imidazole rings is 1. The molecule has 0 radical (unpaired) electrons. The van der Waals surface area contributed by atoms with E-state index in [1.807, 2.05) is 41.1 Å². The Morgan fingerprint density at radius 3 is 2.32 bits per heavy atom. The van der Waals surface area contributed by atoms with Gasteiger partial charge in [0.25, 0.3) is 0 Å². The molecule has 0 spiro atoms. The second-order valence-electron chi connectivity index (χ2n) is 6.97. The number of hydrogen-bond acceptors (Lipinski definition) is 6. The maximum absolute atomic E-state index is 5.49. The molecule has 0 aliphatic carbocycles. The van der Waals surface area contributed by atoms with E-state index >= 15 is 0 Å². The maximum Gasteiger partial charge on any atom is 0.203 e. The Kier molecular flexibility index (Phi) is 4.63. The van der Waals surface area contributed by atoms with Gasteiger partial charge in [-0.2, -0.15) is 0 Å². The summed E-state index contributed by atoms with van der Waals surface area (Å²) in [6.45, 7) is 0. The van der Waals surface area contributed by atoms with Crippen molar-refractivity contribution in [3.63, 3.8) is 0 Å². The number of benzene rings is 2. The van der Waals surface area contributed by atoms with Crippen LogP contribution in [0.1, 0.15) is 0 Å². The van der Waals surface area contributed by atoms with Gasteiger partial charge in [0.05, 0.1) is 50.6 Å². The van der Waals surface area contributed by atoms with Gasteiger partial charge < -0.3 is 14.2 Å². The zero-order chi connectivity index (χ0) is 21.4. The highest BCUT2D eigenvalue weighted by molar-refractivity contribution is 5.84. The first kappa shape index (κ1) is 18.9. The predicted octanol–water partition coefficient (Wildman–Crippen LogP) is 4.64. The van der Waals surface area contributed by atoms with Crippen molar-refractivity contribution in [2.75, 3.05) is 21.3 Å². The van der Waals surface area contributed by atoms with Crippen molar-refractivity contribution < 1.29 is 14.2 Å². The quantitative estimate of drug-likeness (QED) is 0.419. The molecule has 0 amide bonds. The highest BCUT2D eigenvalue weighted by Gasteiger charge is 2.16. The standard InChI is InChI=1S/C24H20N4O3/c1-29-21-10-17(11-22(30-2)24(21)31-3)19-14-28-20(12-27-23(28)13-26-19)16-6-7-18-15(9-16)5-4-8-25-18/h4-14H,1-3H3. The summed E-state index contributed by atoms with van der Waals surface area (Å²) in [7, 11) is 4.78. The summed E-state index contributed by atoms with van der Waals surface area (Å²) < 4.78 is 18.4. The molecule has 7 nitrogen and oxygen atoms in total. The first-order valence-corrected chi connectivity index (χ1v) is 9.70. The number of ether oxygens (including phenoxy) is 3. The van der Waals surface area contributed by atoms with Gasteiger partial charge in [-0.15, -0.1) is 0 Å². The molecule has 0 atom stereocenters. The lowest BCUT2D eigenvalue weighted by Gasteiger charge is -2.14. The number of rotatable bonds is 5. The molecule has 0 bridgehead atoms. The van der Waals surface area contributed by atoms with E-state index < -0.39 is 0 Å². The minimum atomic E-state index is 0.544. The Balaban J connectivity index is 1.65. The molecule has 0 unspecified atom stereocenters. The Labute approximate surface area is 178 Å². The maximum atomic E-state index is 5.49. The van der Waals surface area contributed by atoms with Crippen molar-refractivity contribution in [2.24, 2.45) is 0 Å². The zero-order valence-corrected chi connectivity index (χ0v) is 17.4. The SMILES string of the molecule is COc1cc(-c2cn3c(-c4ccc5ncccc5c4)cnc3cn2)cc(OC)c1OC. The molecule has 2 aromatic carbocycles. The Hall–Kier alpha value is -4.13. The number of nitrogens with zero attached hydrogens (tertiary/aromatic N) is 4. The molecule has 31 heavy (non-hydrogen) atoms. The molecule has 0 fully saturated rings. The van der Waals surface area contributed by atoms with E-state index in [1.54, 1.807) is 33.7 Å². The molecule has 7 heteroatoms. The van der Waals surface area contributed by atoms with Gasteiger partial charge >= 0.3 is 0 Å². The van der Waals surface area contributed by atoms with E-state index in [1.165, 1.54) is 0 Å². The van der Waals surface area contributed by atoms with Crippen LogP contribution in [0.15, 0.2) is 67.3 Å². The molecule has 3 aromatic heterocycles. The second kappa shape index (κ2) is 7.60. The van der Waals surface area contributed by atoms with Gasteiger partial charge in [-0.1, -0.05) is 12.1 Å². The molecule has 0 aliphatic heterocycles. The van der Waals surface area contributed by atoms with E-state index in [-0.39, 0.29) is 0 Å². The fourth-order valence-electron chi connectivity index (χ4n) is 3.72. The van der Waals surface area contributed by atoms with Crippen LogP contribution in [0.2, 0.25) is 0 Å². The molecular weight excluding hydrogens is 392 g/mol. The highest BCUT2D eigenvalue weighted by atomic mass is 16.5.